The summed E-state index contributed by atoms with van der Waals surface area (Å²) < 4.78 is 25.3. The number of halogens is 1. The van der Waals surface area contributed by atoms with E-state index >= 15 is 0 Å². The van der Waals surface area contributed by atoms with Crippen LogP contribution >= 0.6 is 15.9 Å². The second kappa shape index (κ2) is 7.57. The molecule has 0 aliphatic carbocycles. The van der Waals surface area contributed by atoms with Crippen LogP contribution < -0.4 is 5.32 Å². The van der Waals surface area contributed by atoms with Crippen LogP contribution in [0.3, 0.4) is 0 Å². The fourth-order valence-electron chi connectivity index (χ4n) is 2.62. The van der Waals surface area contributed by atoms with Gasteiger partial charge in [-0.2, -0.15) is 0 Å². The topological polar surface area (TPSA) is 66.5 Å². The summed E-state index contributed by atoms with van der Waals surface area (Å²) in [5.41, 5.74) is 0.687. The minimum atomic E-state index is -3.46. The molecule has 0 saturated carbocycles. The number of carbonyl (C=O) groups excluding carboxylic acids is 1. The highest BCUT2D eigenvalue weighted by Gasteiger charge is 2.26. The third kappa shape index (κ3) is 5.07. The molecule has 0 spiro atoms. The fourth-order valence-corrected chi connectivity index (χ4v) is 4.44. The lowest BCUT2D eigenvalue weighted by Crippen LogP contribution is -2.45. The Morgan fingerprint density at radius 3 is 2.68 bits per heavy atom. The Bertz CT molecular complexity index is 627. The zero-order valence-electron chi connectivity index (χ0n) is 12.6. The average molecular weight is 389 g/mol. The van der Waals surface area contributed by atoms with Crippen LogP contribution in [-0.4, -0.2) is 51.2 Å². The van der Waals surface area contributed by atoms with Crippen molar-refractivity contribution in [2.75, 3.05) is 25.9 Å². The molecule has 22 heavy (non-hydrogen) atoms. The largest absolute Gasteiger partial charge is 0.342 e. The van der Waals surface area contributed by atoms with E-state index in [1.165, 1.54) is 0 Å². The number of hydrogen-bond donors (Lipinski definition) is 1. The van der Waals surface area contributed by atoms with E-state index in [4.69, 9.17) is 0 Å². The Kier molecular flexibility index (Phi) is 6.00. The van der Waals surface area contributed by atoms with Gasteiger partial charge in [0.25, 0.3) is 0 Å². The molecule has 0 atom stereocenters. The van der Waals surface area contributed by atoms with Crippen LogP contribution in [0.5, 0.6) is 0 Å². The van der Waals surface area contributed by atoms with E-state index in [-0.39, 0.29) is 17.7 Å². The lowest BCUT2D eigenvalue weighted by atomic mass is 10.1. The predicted molar refractivity (Wildman–Crippen MR) is 90.3 cm³/mol. The van der Waals surface area contributed by atoms with E-state index in [9.17, 15) is 13.2 Å². The highest BCUT2D eigenvalue weighted by Crippen LogP contribution is 2.15. The van der Waals surface area contributed by atoms with Crippen molar-refractivity contribution in [2.45, 2.75) is 24.6 Å². The first-order valence-corrected chi connectivity index (χ1v) is 9.90. The maximum absolute atomic E-state index is 12.2. The van der Waals surface area contributed by atoms with Gasteiger partial charge in [-0.25, -0.2) is 8.42 Å². The molecule has 1 fully saturated rings. The van der Waals surface area contributed by atoms with E-state index < -0.39 is 15.6 Å². The highest BCUT2D eigenvalue weighted by molar-refractivity contribution is 9.10. The van der Waals surface area contributed by atoms with E-state index in [2.05, 4.69) is 21.2 Å². The molecule has 1 saturated heterocycles. The van der Waals surface area contributed by atoms with E-state index in [1.807, 2.05) is 6.07 Å². The summed E-state index contributed by atoms with van der Waals surface area (Å²) in [5, 5.41) is 3.23. The summed E-state index contributed by atoms with van der Waals surface area (Å²) in [6.45, 7) is 1.74. The fraction of sp³-hybridized carbons (Fsp3) is 0.533. The molecule has 0 radical (unpaired) electrons. The lowest BCUT2D eigenvalue weighted by Gasteiger charge is -2.31. The number of amides is 1. The Balaban J connectivity index is 1.97. The average Bonchev–Trinajstić information content (AvgIpc) is 2.46. The minimum Gasteiger partial charge on any atom is -0.342 e. The molecule has 0 aromatic heterocycles. The molecule has 1 heterocycles. The lowest BCUT2D eigenvalue weighted by molar-refractivity contribution is -0.129. The van der Waals surface area contributed by atoms with Crippen molar-refractivity contribution < 1.29 is 13.2 Å². The van der Waals surface area contributed by atoms with Crippen LogP contribution in [0, 0.1) is 0 Å². The second-order valence-electron chi connectivity index (χ2n) is 5.65. The van der Waals surface area contributed by atoms with Crippen molar-refractivity contribution in [3.63, 3.8) is 0 Å². The third-order valence-electron chi connectivity index (χ3n) is 3.87. The summed E-state index contributed by atoms with van der Waals surface area (Å²) in [5.74, 6) is -0.861. The molecule has 7 heteroatoms. The van der Waals surface area contributed by atoms with E-state index in [0.29, 0.717) is 5.56 Å². The Morgan fingerprint density at radius 2 is 2.05 bits per heavy atom. The molecule has 5 nitrogen and oxygen atoms in total. The van der Waals surface area contributed by atoms with Crippen LogP contribution in [-0.2, 0) is 20.4 Å². The number of nitrogens with one attached hydrogen (secondary N) is 1. The molecule has 1 aromatic carbocycles. The Morgan fingerprint density at radius 1 is 1.36 bits per heavy atom. The molecule has 2 rings (SSSR count). The van der Waals surface area contributed by atoms with E-state index in [0.717, 1.165) is 30.4 Å². The summed E-state index contributed by atoms with van der Waals surface area (Å²) in [7, 11) is -1.76. The van der Waals surface area contributed by atoms with Gasteiger partial charge in [-0.15, -0.1) is 0 Å². The monoisotopic (exact) mass is 388 g/mol. The van der Waals surface area contributed by atoms with Crippen molar-refractivity contribution in [2.24, 2.45) is 0 Å². The standard InChI is InChI=1S/C15H21BrN2O3S/c1-18(14-5-7-17-8-6-14)15(19)11-22(20,21)10-12-3-2-4-13(16)9-12/h2-4,9,14,17H,5-8,10-11H2,1H3. The zero-order chi connectivity index (χ0) is 16.2. The summed E-state index contributed by atoms with van der Waals surface area (Å²) in [6, 6.07) is 7.28. The van der Waals surface area contributed by atoms with Crippen molar-refractivity contribution in [3.8, 4) is 0 Å². The predicted octanol–water partition coefficient (Wildman–Crippen LogP) is 1.57. The number of carbonyl (C=O) groups is 1. The molecule has 1 N–H and O–H groups in total. The van der Waals surface area contributed by atoms with Gasteiger partial charge in [0.1, 0.15) is 5.75 Å². The molecule has 1 aromatic rings. The molecule has 1 amide bonds. The van der Waals surface area contributed by atoms with Crippen molar-refractivity contribution in [1.82, 2.24) is 10.2 Å². The summed E-state index contributed by atoms with van der Waals surface area (Å²) in [4.78, 5) is 13.8. The second-order valence-corrected chi connectivity index (χ2v) is 8.63. The van der Waals surface area contributed by atoms with Crippen LogP contribution in [0.4, 0.5) is 0 Å². The first kappa shape index (κ1) is 17.4. The van der Waals surface area contributed by atoms with Gasteiger partial charge in [-0.3, -0.25) is 4.79 Å². The Hall–Kier alpha value is -0.920. The van der Waals surface area contributed by atoms with Gasteiger partial charge in [0.15, 0.2) is 9.84 Å². The molecular formula is C15H21BrN2O3S. The summed E-state index contributed by atoms with van der Waals surface area (Å²) in [6.07, 6.45) is 1.74. The molecule has 1 aliphatic rings. The maximum atomic E-state index is 12.2. The number of benzene rings is 1. The number of sulfone groups is 1. The quantitative estimate of drug-likeness (QED) is 0.831. The molecule has 0 unspecified atom stereocenters. The molecule has 122 valence electrons. The van der Waals surface area contributed by atoms with Crippen molar-refractivity contribution in [1.29, 1.82) is 0 Å². The highest BCUT2D eigenvalue weighted by atomic mass is 79.9. The zero-order valence-corrected chi connectivity index (χ0v) is 15.0. The van der Waals surface area contributed by atoms with Gasteiger partial charge in [-0.1, -0.05) is 28.1 Å². The van der Waals surface area contributed by atoms with Gasteiger partial charge in [0.2, 0.25) is 5.91 Å². The van der Waals surface area contributed by atoms with Gasteiger partial charge in [-0.05, 0) is 43.6 Å². The van der Waals surface area contributed by atoms with Gasteiger partial charge in [0.05, 0.1) is 5.75 Å². The van der Waals surface area contributed by atoms with Crippen LogP contribution in [0.2, 0.25) is 0 Å². The molecule has 0 bridgehead atoms. The Labute approximate surface area is 140 Å². The minimum absolute atomic E-state index is 0.113. The SMILES string of the molecule is CN(C(=O)CS(=O)(=O)Cc1cccc(Br)c1)C1CCNCC1. The van der Waals surface area contributed by atoms with Crippen LogP contribution in [0.25, 0.3) is 0 Å². The number of nitrogens with zero attached hydrogens (tertiary/aromatic N) is 1. The van der Waals surface area contributed by atoms with Gasteiger partial charge in [0, 0.05) is 17.6 Å². The van der Waals surface area contributed by atoms with E-state index in [1.54, 1.807) is 30.1 Å². The molecular weight excluding hydrogens is 368 g/mol. The smallest absolute Gasteiger partial charge is 0.237 e. The van der Waals surface area contributed by atoms with Crippen LogP contribution in [0.15, 0.2) is 28.7 Å². The van der Waals surface area contributed by atoms with Crippen LogP contribution in [0.1, 0.15) is 18.4 Å². The number of piperidine rings is 1. The van der Waals surface area contributed by atoms with Crippen molar-refractivity contribution in [3.05, 3.63) is 34.3 Å². The number of hydrogen-bond acceptors (Lipinski definition) is 4. The van der Waals surface area contributed by atoms with Crippen molar-refractivity contribution >= 4 is 31.7 Å². The third-order valence-corrected chi connectivity index (χ3v) is 5.82. The first-order valence-electron chi connectivity index (χ1n) is 7.28. The number of rotatable bonds is 5. The first-order chi connectivity index (χ1) is 10.4. The molecule has 1 aliphatic heterocycles. The normalized spacial score (nSPS) is 16.5. The van der Waals surface area contributed by atoms with Gasteiger partial charge >= 0.3 is 0 Å². The van der Waals surface area contributed by atoms with Gasteiger partial charge < -0.3 is 10.2 Å². The maximum Gasteiger partial charge on any atom is 0.237 e. The summed E-state index contributed by atoms with van der Waals surface area (Å²) >= 11 is 3.32.